The van der Waals surface area contributed by atoms with Gasteiger partial charge in [-0.2, -0.15) is 5.10 Å². The van der Waals surface area contributed by atoms with E-state index in [1.165, 1.54) is 17.0 Å². The van der Waals surface area contributed by atoms with Gasteiger partial charge >= 0.3 is 0 Å². The number of carbonyl (C=O) groups is 1. The maximum Gasteiger partial charge on any atom is 0.263 e. The Balaban J connectivity index is 1.43. The van der Waals surface area contributed by atoms with Crippen LogP contribution in [-0.2, 0) is 24.9 Å². The lowest BCUT2D eigenvalue weighted by Crippen LogP contribution is -2.22. The summed E-state index contributed by atoms with van der Waals surface area (Å²) >= 11 is 1.45. The van der Waals surface area contributed by atoms with Crippen LogP contribution in [0, 0.1) is 6.92 Å². The van der Waals surface area contributed by atoms with Crippen LogP contribution in [0.1, 0.15) is 79.0 Å². The molecule has 3 heterocycles. The molecule has 9 heteroatoms. The number of carbonyl (C=O) groups excluding carboxylic acids is 1. The average molecular weight is 532 g/mol. The molecule has 4 rings (SSSR count). The third-order valence-electron chi connectivity index (χ3n) is 6.29. The molecule has 0 spiro atoms. The Morgan fingerprint density at radius 1 is 1.11 bits per heavy atom. The second kappa shape index (κ2) is 11.9. The molecular weight excluding hydrogens is 494 g/mol. The number of unbranched alkanes of at least 4 members (excludes halogenated alkanes) is 1. The number of hydrogen-bond acceptors (Lipinski definition) is 7. The average Bonchev–Trinajstić information content (AvgIpc) is 3.54. The molecule has 0 saturated carbocycles. The molecule has 0 saturated heterocycles. The van der Waals surface area contributed by atoms with E-state index >= 15 is 0 Å². The molecule has 0 unspecified atom stereocenters. The monoisotopic (exact) mass is 531 g/mol. The van der Waals surface area contributed by atoms with Crippen LogP contribution >= 0.6 is 11.3 Å². The molecule has 38 heavy (non-hydrogen) atoms. The Kier molecular flexibility index (Phi) is 8.56. The standard InChI is InChI=1S/C29H37N7OS/c1-7-9-14-36-22(8-2)16-25(35-36)34-28-30-13-12-23(33-28)20-10-11-21(19(3)15-20)17-31-26(37)24-18-32-27(38-24)29(4,5)6/h10-13,15-16,18H,7-9,14,17H2,1-6H3,(H,31,37)(H,30,33,34,35). The highest BCUT2D eigenvalue weighted by Crippen LogP contribution is 2.27. The Hall–Kier alpha value is -3.59. The first-order chi connectivity index (χ1) is 18.2. The van der Waals surface area contributed by atoms with Crippen LogP contribution in [0.25, 0.3) is 11.3 Å². The minimum absolute atomic E-state index is 0.0688. The van der Waals surface area contributed by atoms with Gasteiger partial charge in [-0.05, 0) is 43.0 Å². The van der Waals surface area contributed by atoms with E-state index < -0.39 is 0 Å². The number of aromatic nitrogens is 5. The largest absolute Gasteiger partial charge is 0.347 e. The predicted molar refractivity (Wildman–Crippen MR) is 154 cm³/mol. The first-order valence-electron chi connectivity index (χ1n) is 13.2. The minimum Gasteiger partial charge on any atom is -0.347 e. The molecular formula is C29H37N7OS. The van der Waals surface area contributed by atoms with E-state index in [9.17, 15) is 4.79 Å². The second-order valence-corrected chi connectivity index (χ2v) is 11.5. The molecule has 8 nitrogen and oxygen atoms in total. The highest BCUT2D eigenvalue weighted by atomic mass is 32.1. The van der Waals surface area contributed by atoms with Crippen LogP contribution in [-0.4, -0.2) is 30.6 Å². The number of aryl methyl sites for hydroxylation is 3. The first-order valence-corrected chi connectivity index (χ1v) is 14.0. The molecule has 0 aliphatic carbocycles. The number of hydrogen-bond donors (Lipinski definition) is 2. The number of nitrogens with one attached hydrogen (secondary N) is 2. The summed E-state index contributed by atoms with van der Waals surface area (Å²) in [5, 5.41) is 11.9. The molecule has 0 bridgehead atoms. The first kappa shape index (κ1) is 27.4. The molecule has 0 aliphatic rings. The van der Waals surface area contributed by atoms with Gasteiger partial charge in [0, 0.05) is 42.0 Å². The van der Waals surface area contributed by atoms with Crippen molar-refractivity contribution >= 4 is 29.0 Å². The zero-order chi connectivity index (χ0) is 27.3. The molecule has 0 fully saturated rings. The zero-order valence-electron chi connectivity index (χ0n) is 23.1. The van der Waals surface area contributed by atoms with Gasteiger partial charge in [-0.3, -0.25) is 9.48 Å². The number of rotatable bonds is 10. The lowest BCUT2D eigenvalue weighted by atomic mass is 9.98. The quantitative estimate of drug-likeness (QED) is 0.244. The van der Waals surface area contributed by atoms with E-state index in [2.05, 4.69) is 72.0 Å². The topological polar surface area (TPSA) is 97.6 Å². The molecule has 200 valence electrons. The van der Waals surface area contributed by atoms with Gasteiger partial charge < -0.3 is 10.6 Å². The molecule has 3 aromatic heterocycles. The summed E-state index contributed by atoms with van der Waals surface area (Å²) in [5.74, 6) is 1.17. The van der Waals surface area contributed by atoms with Gasteiger partial charge in [-0.25, -0.2) is 15.0 Å². The van der Waals surface area contributed by atoms with E-state index in [4.69, 9.17) is 10.1 Å². The Morgan fingerprint density at radius 2 is 1.92 bits per heavy atom. The van der Waals surface area contributed by atoms with Crippen molar-refractivity contribution in [3.05, 3.63) is 69.4 Å². The van der Waals surface area contributed by atoms with E-state index in [1.807, 2.05) is 25.1 Å². The van der Waals surface area contributed by atoms with Crippen LogP contribution in [0.3, 0.4) is 0 Å². The summed E-state index contributed by atoms with van der Waals surface area (Å²) in [6, 6.07) is 10.1. The fraction of sp³-hybridized carbons (Fsp3) is 0.414. The molecule has 1 aromatic carbocycles. The maximum atomic E-state index is 12.7. The Labute approximate surface area is 229 Å². The van der Waals surface area contributed by atoms with Crippen LogP contribution in [0.5, 0.6) is 0 Å². The van der Waals surface area contributed by atoms with Crippen molar-refractivity contribution in [1.29, 1.82) is 0 Å². The van der Waals surface area contributed by atoms with Crippen molar-refractivity contribution < 1.29 is 4.79 Å². The summed E-state index contributed by atoms with van der Waals surface area (Å²) in [7, 11) is 0. The number of amides is 1. The number of anilines is 2. The van der Waals surface area contributed by atoms with Crippen molar-refractivity contribution in [1.82, 2.24) is 30.0 Å². The van der Waals surface area contributed by atoms with Crippen LogP contribution in [0.2, 0.25) is 0 Å². The van der Waals surface area contributed by atoms with Gasteiger partial charge in [0.15, 0.2) is 5.82 Å². The van der Waals surface area contributed by atoms with Crippen molar-refractivity contribution in [3.8, 4) is 11.3 Å². The van der Waals surface area contributed by atoms with Crippen LogP contribution in [0.15, 0.2) is 42.7 Å². The van der Waals surface area contributed by atoms with Crippen molar-refractivity contribution in [3.63, 3.8) is 0 Å². The molecule has 4 aromatic rings. The molecule has 0 radical (unpaired) electrons. The molecule has 0 aliphatic heterocycles. The van der Waals surface area contributed by atoms with E-state index in [-0.39, 0.29) is 11.3 Å². The van der Waals surface area contributed by atoms with Gasteiger partial charge in [-0.1, -0.05) is 53.2 Å². The van der Waals surface area contributed by atoms with E-state index in [0.717, 1.165) is 59.0 Å². The lowest BCUT2D eigenvalue weighted by Gasteiger charge is -2.13. The van der Waals surface area contributed by atoms with Crippen LogP contribution in [0.4, 0.5) is 11.8 Å². The van der Waals surface area contributed by atoms with Crippen LogP contribution < -0.4 is 10.6 Å². The fourth-order valence-electron chi connectivity index (χ4n) is 4.04. The predicted octanol–water partition coefficient (Wildman–Crippen LogP) is 6.44. The fourth-order valence-corrected chi connectivity index (χ4v) is 4.93. The summed E-state index contributed by atoms with van der Waals surface area (Å²) in [4.78, 5) is 26.8. The summed E-state index contributed by atoms with van der Waals surface area (Å²) in [6.45, 7) is 14.0. The molecule has 1 amide bonds. The molecule has 0 atom stereocenters. The van der Waals surface area contributed by atoms with Gasteiger partial charge in [-0.15, -0.1) is 11.3 Å². The van der Waals surface area contributed by atoms with Gasteiger partial charge in [0.1, 0.15) is 4.88 Å². The van der Waals surface area contributed by atoms with E-state index in [1.54, 1.807) is 12.4 Å². The van der Waals surface area contributed by atoms with E-state index in [0.29, 0.717) is 17.4 Å². The highest BCUT2D eigenvalue weighted by molar-refractivity contribution is 7.13. The lowest BCUT2D eigenvalue weighted by molar-refractivity contribution is 0.0954. The number of benzene rings is 1. The van der Waals surface area contributed by atoms with Gasteiger partial charge in [0.25, 0.3) is 5.91 Å². The number of thiazole rings is 1. The summed E-state index contributed by atoms with van der Waals surface area (Å²) < 4.78 is 2.06. The Morgan fingerprint density at radius 3 is 2.61 bits per heavy atom. The van der Waals surface area contributed by atoms with Crippen molar-refractivity contribution in [2.24, 2.45) is 0 Å². The van der Waals surface area contributed by atoms with Gasteiger partial charge in [0.2, 0.25) is 5.95 Å². The minimum atomic E-state index is -0.101. The maximum absolute atomic E-state index is 12.7. The number of nitrogens with zero attached hydrogens (tertiary/aromatic N) is 5. The Bertz CT molecular complexity index is 1400. The second-order valence-electron chi connectivity index (χ2n) is 10.4. The summed E-state index contributed by atoms with van der Waals surface area (Å²) in [6.07, 6.45) is 6.57. The third-order valence-corrected chi connectivity index (χ3v) is 7.72. The summed E-state index contributed by atoms with van der Waals surface area (Å²) in [5.41, 5.74) is 5.07. The normalized spacial score (nSPS) is 11.5. The smallest absolute Gasteiger partial charge is 0.263 e. The highest BCUT2D eigenvalue weighted by Gasteiger charge is 2.20. The zero-order valence-corrected chi connectivity index (χ0v) is 23.9. The van der Waals surface area contributed by atoms with Crippen molar-refractivity contribution in [2.75, 3.05) is 5.32 Å². The molecule has 2 N–H and O–H groups in total. The SMILES string of the molecule is CCCCn1nc(Nc2nccc(-c3ccc(CNC(=O)c4cnc(C(C)(C)C)s4)c(C)c3)n2)cc1CC. The van der Waals surface area contributed by atoms with Gasteiger partial charge in [0.05, 0.1) is 16.9 Å². The van der Waals surface area contributed by atoms with Crippen molar-refractivity contribution in [2.45, 2.75) is 79.3 Å². The third kappa shape index (κ3) is 6.64.